The average Bonchev–Trinajstić information content (AvgIpc) is 2.41. The van der Waals surface area contributed by atoms with E-state index < -0.39 is 9.84 Å². The molecule has 1 N–H and O–H groups in total. The summed E-state index contributed by atoms with van der Waals surface area (Å²) < 4.78 is 22.9. The van der Waals surface area contributed by atoms with Crippen molar-refractivity contribution in [1.29, 1.82) is 0 Å². The molecular formula is C9H16N2O2S. The largest absolute Gasteiger partial charge is 0.310 e. The van der Waals surface area contributed by atoms with E-state index in [1.165, 1.54) is 0 Å². The highest BCUT2D eigenvalue weighted by Gasteiger charge is 2.42. The Kier molecular flexibility index (Phi) is 2.64. The van der Waals surface area contributed by atoms with E-state index in [1.807, 2.05) is 6.08 Å². The fourth-order valence-electron chi connectivity index (χ4n) is 2.34. The van der Waals surface area contributed by atoms with Gasteiger partial charge in [0.2, 0.25) is 0 Å². The highest BCUT2D eigenvalue weighted by molar-refractivity contribution is 7.91. The molecule has 2 aliphatic heterocycles. The number of nitrogens with zero attached hydrogens (tertiary/aromatic N) is 1. The third-order valence-electron chi connectivity index (χ3n) is 2.96. The van der Waals surface area contributed by atoms with Crippen LogP contribution >= 0.6 is 0 Å². The second-order valence-electron chi connectivity index (χ2n) is 3.99. The first kappa shape index (κ1) is 10.1. The van der Waals surface area contributed by atoms with Gasteiger partial charge in [-0.3, -0.25) is 4.90 Å². The van der Waals surface area contributed by atoms with Crippen molar-refractivity contribution in [2.45, 2.75) is 12.1 Å². The Labute approximate surface area is 84.9 Å². The summed E-state index contributed by atoms with van der Waals surface area (Å²) in [4.78, 5) is 2.21. The monoisotopic (exact) mass is 216 g/mol. The lowest BCUT2D eigenvalue weighted by Gasteiger charge is -2.36. The van der Waals surface area contributed by atoms with Gasteiger partial charge in [0.25, 0.3) is 0 Å². The predicted octanol–water partition coefficient (Wildman–Crippen LogP) is -0.757. The Hall–Kier alpha value is -0.390. The zero-order chi connectivity index (χ0) is 10.2. The van der Waals surface area contributed by atoms with Gasteiger partial charge in [-0.15, -0.1) is 6.58 Å². The summed E-state index contributed by atoms with van der Waals surface area (Å²) in [6.07, 6.45) is 1.84. The molecule has 5 heteroatoms. The fraction of sp³-hybridized carbons (Fsp3) is 0.778. The molecule has 2 unspecified atom stereocenters. The zero-order valence-electron chi connectivity index (χ0n) is 8.15. The van der Waals surface area contributed by atoms with Crippen molar-refractivity contribution < 1.29 is 8.42 Å². The number of fused-ring (bicyclic) bond motifs is 1. The summed E-state index contributed by atoms with van der Waals surface area (Å²) >= 11 is 0. The van der Waals surface area contributed by atoms with Crippen LogP contribution in [-0.2, 0) is 9.84 Å². The molecule has 0 spiro atoms. The van der Waals surface area contributed by atoms with Crippen molar-refractivity contribution in [2.24, 2.45) is 0 Å². The van der Waals surface area contributed by atoms with Gasteiger partial charge in [-0.05, 0) is 0 Å². The molecule has 0 amide bonds. The second-order valence-corrected chi connectivity index (χ2v) is 6.14. The van der Waals surface area contributed by atoms with Crippen LogP contribution in [0.4, 0.5) is 0 Å². The Morgan fingerprint density at radius 1 is 1.50 bits per heavy atom. The van der Waals surface area contributed by atoms with E-state index in [2.05, 4.69) is 16.8 Å². The average molecular weight is 216 g/mol. The highest BCUT2D eigenvalue weighted by atomic mass is 32.2. The van der Waals surface area contributed by atoms with Gasteiger partial charge in [0.05, 0.1) is 11.5 Å². The molecule has 4 nitrogen and oxygen atoms in total. The molecule has 0 aliphatic carbocycles. The first-order valence-corrected chi connectivity index (χ1v) is 6.73. The van der Waals surface area contributed by atoms with Crippen LogP contribution in [0.2, 0.25) is 0 Å². The summed E-state index contributed by atoms with van der Waals surface area (Å²) in [5, 5.41) is 3.27. The maximum atomic E-state index is 11.5. The molecule has 0 aromatic heterocycles. The van der Waals surface area contributed by atoms with Crippen molar-refractivity contribution in [3.63, 3.8) is 0 Å². The molecule has 2 aliphatic rings. The fourth-order valence-corrected chi connectivity index (χ4v) is 4.32. The zero-order valence-corrected chi connectivity index (χ0v) is 8.96. The van der Waals surface area contributed by atoms with Gasteiger partial charge in [0, 0.05) is 31.7 Å². The number of hydrogen-bond donors (Lipinski definition) is 1. The van der Waals surface area contributed by atoms with Gasteiger partial charge >= 0.3 is 0 Å². The molecule has 2 atom stereocenters. The molecule has 2 saturated heterocycles. The minimum atomic E-state index is -2.82. The van der Waals surface area contributed by atoms with Crippen molar-refractivity contribution >= 4 is 9.84 Å². The van der Waals surface area contributed by atoms with Gasteiger partial charge < -0.3 is 5.32 Å². The van der Waals surface area contributed by atoms with Crippen LogP contribution in [0.5, 0.6) is 0 Å². The van der Waals surface area contributed by atoms with E-state index in [-0.39, 0.29) is 12.1 Å². The summed E-state index contributed by atoms with van der Waals surface area (Å²) in [6, 6.07) is 0.292. The van der Waals surface area contributed by atoms with Crippen molar-refractivity contribution in [2.75, 3.05) is 31.1 Å². The Balaban J connectivity index is 2.14. The molecule has 80 valence electrons. The maximum Gasteiger partial charge on any atom is 0.153 e. The van der Waals surface area contributed by atoms with E-state index >= 15 is 0 Å². The molecule has 0 aromatic rings. The summed E-state index contributed by atoms with van der Waals surface area (Å²) in [6.45, 7) is 6.28. The van der Waals surface area contributed by atoms with Gasteiger partial charge in [-0.25, -0.2) is 8.42 Å². The molecule has 2 rings (SSSR count). The van der Waals surface area contributed by atoms with Crippen molar-refractivity contribution in [3.05, 3.63) is 12.7 Å². The Bertz CT molecular complexity index is 326. The third-order valence-corrected chi connectivity index (χ3v) is 4.68. The minimum absolute atomic E-state index is 0.133. The Morgan fingerprint density at radius 3 is 3.00 bits per heavy atom. The first-order chi connectivity index (χ1) is 6.62. The third kappa shape index (κ3) is 1.85. The van der Waals surface area contributed by atoms with Gasteiger partial charge in [-0.1, -0.05) is 6.08 Å². The van der Waals surface area contributed by atoms with Crippen LogP contribution < -0.4 is 5.32 Å². The summed E-state index contributed by atoms with van der Waals surface area (Å²) in [7, 11) is -2.82. The quantitative estimate of drug-likeness (QED) is 0.617. The maximum absolute atomic E-state index is 11.5. The highest BCUT2D eigenvalue weighted by Crippen LogP contribution is 2.20. The van der Waals surface area contributed by atoms with Crippen molar-refractivity contribution in [1.82, 2.24) is 10.2 Å². The molecule has 2 heterocycles. The lowest BCUT2D eigenvalue weighted by Crippen LogP contribution is -2.57. The summed E-state index contributed by atoms with van der Waals surface area (Å²) in [5.74, 6) is 0.601. The van der Waals surface area contributed by atoms with E-state index in [1.54, 1.807) is 0 Å². The van der Waals surface area contributed by atoms with E-state index in [0.717, 1.165) is 19.6 Å². The number of sulfone groups is 1. The minimum Gasteiger partial charge on any atom is -0.310 e. The van der Waals surface area contributed by atoms with Gasteiger partial charge in [0.1, 0.15) is 0 Å². The normalized spacial score (nSPS) is 36.6. The predicted molar refractivity (Wildman–Crippen MR) is 56.0 cm³/mol. The molecule has 0 saturated carbocycles. The van der Waals surface area contributed by atoms with Crippen LogP contribution in [0.3, 0.4) is 0 Å². The molecule has 0 radical (unpaired) electrons. The lowest BCUT2D eigenvalue weighted by atomic mass is 10.1. The Morgan fingerprint density at radius 2 is 2.29 bits per heavy atom. The smallest absolute Gasteiger partial charge is 0.153 e. The lowest BCUT2D eigenvalue weighted by molar-refractivity contribution is 0.165. The van der Waals surface area contributed by atoms with Crippen LogP contribution in [0, 0.1) is 0 Å². The van der Waals surface area contributed by atoms with Gasteiger partial charge in [0.15, 0.2) is 9.84 Å². The van der Waals surface area contributed by atoms with Crippen LogP contribution in [0.1, 0.15) is 0 Å². The molecule has 0 aromatic carbocycles. The van der Waals surface area contributed by atoms with E-state index in [4.69, 9.17) is 0 Å². The number of nitrogens with one attached hydrogen (secondary N) is 1. The molecule has 2 fully saturated rings. The van der Waals surface area contributed by atoms with E-state index in [9.17, 15) is 8.42 Å². The second kappa shape index (κ2) is 3.64. The standard InChI is InChI=1S/C9H16N2O2S/c1-2-4-11-5-3-10-8-6-14(12,13)7-9(8)11/h2,8-10H,1,3-7H2. The first-order valence-electron chi connectivity index (χ1n) is 4.91. The SMILES string of the molecule is C=CCN1CCNC2CS(=O)(=O)CC21. The number of rotatable bonds is 2. The van der Waals surface area contributed by atoms with Crippen LogP contribution in [0.15, 0.2) is 12.7 Å². The van der Waals surface area contributed by atoms with Crippen LogP contribution in [0.25, 0.3) is 0 Å². The molecular weight excluding hydrogens is 200 g/mol. The molecule has 14 heavy (non-hydrogen) atoms. The van der Waals surface area contributed by atoms with E-state index in [0.29, 0.717) is 11.5 Å². The number of hydrogen-bond acceptors (Lipinski definition) is 4. The summed E-state index contributed by atoms with van der Waals surface area (Å²) in [5.41, 5.74) is 0. The van der Waals surface area contributed by atoms with Crippen LogP contribution in [-0.4, -0.2) is 56.5 Å². The molecule has 0 bridgehead atoms. The number of piperazine rings is 1. The van der Waals surface area contributed by atoms with Crippen molar-refractivity contribution in [3.8, 4) is 0 Å². The van der Waals surface area contributed by atoms with Gasteiger partial charge in [-0.2, -0.15) is 0 Å². The topological polar surface area (TPSA) is 49.4 Å².